The summed E-state index contributed by atoms with van der Waals surface area (Å²) in [6.45, 7) is 98.3. The van der Waals surface area contributed by atoms with Crippen LogP contribution in [0, 0.1) is 214 Å². The zero-order chi connectivity index (χ0) is 76.1. The fourth-order valence-corrected chi connectivity index (χ4v) is 10.9. The van der Waals surface area contributed by atoms with Gasteiger partial charge in [-0.05, 0) is 59.7 Å². The van der Waals surface area contributed by atoms with Gasteiger partial charge in [-0.1, -0.05) is 328 Å². The second kappa shape index (κ2) is 154. The second-order valence-electron chi connectivity index (χ2n) is 29.2. The van der Waals surface area contributed by atoms with Crippen LogP contribution in [0.1, 0.15) is 369 Å². The van der Waals surface area contributed by atoms with Crippen molar-refractivity contribution in [3.63, 3.8) is 0 Å². The first-order valence-corrected chi connectivity index (χ1v) is 38.7. The van der Waals surface area contributed by atoms with Gasteiger partial charge in [0.1, 0.15) is 0 Å². The molecule has 9 saturated carbocycles. The van der Waals surface area contributed by atoms with Gasteiger partial charge in [0.15, 0.2) is 0 Å². The van der Waals surface area contributed by atoms with Crippen LogP contribution in [0.25, 0.3) is 21.3 Å². The molecule has 0 saturated heterocycles. The summed E-state index contributed by atoms with van der Waals surface area (Å²) in [7, 11) is 6.65. The smallest absolute Gasteiger partial charge is 0.721 e. The molecule has 0 bridgehead atoms. The van der Waals surface area contributed by atoms with Gasteiger partial charge in [-0.25, -0.2) is 0 Å². The van der Waals surface area contributed by atoms with E-state index in [0.717, 1.165) is 53.3 Å². The normalized spacial score (nSPS) is 16.5. The molecule has 5 radical (unpaired) electrons. The van der Waals surface area contributed by atoms with E-state index in [4.69, 9.17) is 59.2 Å². The van der Waals surface area contributed by atoms with E-state index in [-0.39, 0.29) is 215 Å². The maximum atomic E-state index is 5.04. The van der Waals surface area contributed by atoms with Crippen LogP contribution in [0.5, 0.6) is 0 Å². The van der Waals surface area contributed by atoms with Gasteiger partial charge in [-0.3, -0.25) is 0 Å². The van der Waals surface area contributed by atoms with E-state index in [9.17, 15) is 0 Å². The van der Waals surface area contributed by atoms with Crippen molar-refractivity contribution in [2.45, 2.75) is 369 Å². The Morgan fingerprint density at radius 1 is 0.246 bits per heavy atom. The van der Waals surface area contributed by atoms with E-state index in [1.165, 1.54) is 244 Å². The van der Waals surface area contributed by atoms with Crippen molar-refractivity contribution in [2.75, 3.05) is 28.2 Å². The number of nitrogens with zero attached hydrogens (tertiary/aromatic N) is 4. The van der Waals surface area contributed by atoms with E-state index >= 15 is 0 Å². The first-order chi connectivity index (χ1) is 44.9. The predicted octanol–water partition coefficient (Wildman–Crippen LogP) is 35.9. The molecule has 0 aromatic heterocycles. The van der Waals surface area contributed by atoms with Crippen molar-refractivity contribution >= 4 is 0 Å². The van der Waals surface area contributed by atoms with E-state index in [0.29, 0.717) is 50.7 Å². The number of hydrogen-bond donors (Lipinski definition) is 0. The van der Waals surface area contributed by atoms with Gasteiger partial charge in [-0.15, -0.1) is 62.8 Å². The van der Waals surface area contributed by atoms with Crippen LogP contribution < -0.4 is 0 Å². The van der Waals surface area contributed by atoms with Gasteiger partial charge in [0, 0.05) is 0 Å². The van der Waals surface area contributed by atoms with Crippen LogP contribution >= 0.6 is 0 Å². The van der Waals surface area contributed by atoms with E-state index in [1.54, 1.807) is 90.5 Å². The summed E-state index contributed by atoms with van der Waals surface area (Å²) in [5, 5.41) is 14.3. The van der Waals surface area contributed by atoms with Crippen LogP contribution in [-0.2, 0) is 148 Å². The first kappa shape index (κ1) is 193. The third-order valence-corrected chi connectivity index (χ3v) is 17.6. The third-order valence-electron chi connectivity index (χ3n) is 17.6. The number of hydrogen-bond acceptors (Lipinski definition) is 0. The molecule has 114 heavy (non-hydrogen) atoms. The van der Waals surface area contributed by atoms with Crippen LogP contribution in [0.3, 0.4) is 0 Å². The Balaban J connectivity index is -0.0000000280. The maximum Gasteiger partial charge on any atom is 3.00 e. The Morgan fingerprint density at radius 2 is 0.342 bits per heavy atom. The van der Waals surface area contributed by atoms with Crippen molar-refractivity contribution in [3.05, 3.63) is 233 Å². The summed E-state index contributed by atoms with van der Waals surface area (Å²) >= 11 is 0. The van der Waals surface area contributed by atoms with Gasteiger partial charge in [0.25, 0.3) is 0 Å². The van der Waals surface area contributed by atoms with E-state index in [2.05, 4.69) is 118 Å². The minimum absolute atomic E-state index is 0. The van der Waals surface area contributed by atoms with Gasteiger partial charge < -0.3 is 233 Å². The Labute approximate surface area is 823 Å². The summed E-state index contributed by atoms with van der Waals surface area (Å²) in [6, 6.07) is 0. The Kier molecular flexibility index (Phi) is 261. The number of rotatable bonds is 6. The standard InChI is InChI=1S/C9H18.2C7H14.3C6H12.3C5H10.4C4H7N.5C4H6.9CH3.9Ni/c1-6-5-7(2)9(4)8(6)3;2*1-2-7-5-3-4-6-7;3*1-6-4-2-3-5-6;3*1-2-4-5-3-1;4*1-4(2)5-3;5*1-4(2)3;;;;;;;;;;;;;;;;;;/h6-9H,5H2,1-4H3;2*7H,2-6H2,1H3;3*6H,2-5H2,1H3;3*1-5H2;4*1H,2-3H3;5*1H,2H2,3H3;9*1H3;;;;;;;;;/q;;;;;;;;;9*-2;9*-1;4*+2;5*+3. The summed E-state index contributed by atoms with van der Waals surface area (Å²) in [5.41, 5.74) is 5.85. The van der Waals surface area contributed by atoms with Crippen molar-refractivity contribution in [2.24, 2.45) is 53.3 Å². The zero-order valence-electron chi connectivity index (χ0n) is 80.9. The van der Waals surface area contributed by atoms with Crippen molar-refractivity contribution in [1.82, 2.24) is 0 Å². The molecule has 4 unspecified atom stereocenters. The molecular formula is C101H197N4Ni9-4. The third kappa shape index (κ3) is 227. The Hall–Kier alpha value is 0.652. The maximum absolute atomic E-state index is 5.04. The molecule has 0 aliphatic heterocycles. The molecule has 4 atom stereocenters. The van der Waals surface area contributed by atoms with E-state index < -0.39 is 0 Å². The monoisotopic (exact) mass is 1990 g/mol. The van der Waals surface area contributed by atoms with Gasteiger partial charge in [0.05, 0.1) is 0 Å². The molecule has 0 aromatic rings. The summed E-state index contributed by atoms with van der Waals surface area (Å²) in [4.78, 5) is 0. The fraction of sp³-hybridized carbons (Fsp3) is 0.683. The molecule has 715 valence electrons. The molecule has 9 rings (SSSR count). The Morgan fingerprint density at radius 3 is 0.386 bits per heavy atom. The number of allylic oxidation sites excluding steroid dienone is 9. The molecule has 0 spiro atoms. The molecule has 9 fully saturated rings. The molecule has 0 amide bonds. The van der Waals surface area contributed by atoms with Gasteiger partial charge in [-0.2, -0.15) is 0 Å². The first-order valence-electron chi connectivity index (χ1n) is 38.7. The average molecular weight is 2000 g/mol. The van der Waals surface area contributed by atoms with Gasteiger partial charge >= 0.3 is 148 Å². The molecule has 9 aliphatic rings. The SMILES string of the molecule is C1CCCC1.C1CCCC1.C1CCCC1.CC1CC(C)C(C)C1C.CC1CCCC1.CC1CCCC1.CC1CCCC1.CCC1CCCC1.CCC1CCCC1.[CH-]=C(C)[N-]C.[CH-]=C(C)[N-]C.[CH-]=C(C)[N-]C.[CH-]=C(C)[N-]C.[CH-]=C([CH2-])C.[CH-]=C([CH2-])C.[CH-]=C([CH2-])C.[CH-]=C([CH2-])C.[CH-]=C([CH2-])C.[CH3-].[CH3-].[CH3-].[CH3-].[CH3-].[CH3-].[CH3-].[CH3-].[CH3-].[Ni+2].[Ni+2].[Ni+2].[Ni+2].[Ni+3].[Ni+3].[Ni+3].[Ni+3].[Ni+3]. The summed E-state index contributed by atoms with van der Waals surface area (Å²) in [6.07, 6.45) is 56.7. The predicted molar refractivity (Wildman–Crippen MR) is 501 cm³/mol. The van der Waals surface area contributed by atoms with Crippen LogP contribution in [-0.4, -0.2) is 28.2 Å². The molecule has 0 N–H and O–H groups in total. The molecule has 0 aromatic carbocycles. The van der Waals surface area contributed by atoms with Crippen LogP contribution in [0.2, 0.25) is 0 Å². The second-order valence-corrected chi connectivity index (χ2v) is 29.2. The van der Waals surface area contributed by atoms with Crippen LogP contribution in [0.15, 0.2) is 50.7 Å². The topological polar surface area (TPSA) is 56.4 Å². The fourth-order valence-electron chi connectivity index (χ4n) is 10.9. The van der Waals surface area contributed by atoms with Crippen molar-refractivity contribution in [1.29, 1.82) is 0 Å². The van der Waals surface area contributed by atoms with Crippen molar-refractivity contribution in [3.8, 4) is 0 Å². The van der Waals surface area contributed by atoms with Crippen LogP contribution in [0.4, 0.5) is 0 Å². The largest absolute Gasteiger partial charge is 3.00 e. The quantitative estimate of drug-likeness (QED) is 0.188. The van der Waals surface area contributed by atoms with Crippen molar-refractivity contribution < 1.29 is 148 Å². The average Bonchev–Trinajstić information content (AvgIpc) is 1.73. The minimum atomic E-state index is 0. The molecule has 4 nitrogen and oxygen atoms in total. The molecule has 0 heterocycles. The molecular weight excluding hydrogens is 1800 g/mol. The molecule has 13 heteroatoms. The van der Waals surface area contributed by atoms with E-state index in [1.807, 2.05) is 0 Å². The van der Waals surface area contributed by atoms with Gasteiger partial charge in [0.2, 0.25) is 0 Å². The summed E-state index contributed by atoms with van der Waals surface area (Å²) < 4.78 is 0. The molecule has 9 aliphatic carbocycles. The zero-order valence-corrected chi connectivity index (χ0v) is 89.8. The minimum Gasteiger partial charge on any atom is -0.721 e. The summed E-state index contributed by atoms with van der Waals surface area (Å²) in [5.74, 6) is 9.19. The Bertz CT molecular complexity index is 1450.